The lowest BCUT2D eigenvalue weighted by molar-refractivity contribution is 0.0954. The molecule has 0 atom stereocenters. The van der Waals surface area contributed by atoms with Crippen molar-refractivity contribution in [3.8, 4) is 5.75 Å². The van der Waals surface area contributed by atoms with E-state index in [2.05, 4.69) is 17.4 Å². The molecule has 0 bridgehead atoms. The Morgan fingerprint density at radius 1 is 1.24 bits per heavy atom. The van der Waals surface area contributed by atoms with E-state index in [1.54, 1.807) is 0 Å². The Morgan fingerprint density at radius 2 is 2.14 bits per heavy atom. The Labute approximate surface area is 124 Å². The monoisotopic (exact) mass is 281 g/mol. The average molecular weight is 281 g/mol. The second kappa shape index (κ2) is 6.00. The van der Waals surface area contributed by atoms with Crippen molar-refractivity contribution in [2.75, 3.05) is 13.2 Å². The predicted molar refractivity (Wildman–Crippen MR) is 82.9 cm³/mol. The van der Waals surface area contributed by atoms with E-state index in [9.17, 15) is 4.79 Å². The number of rotatable bonds is 4. The minimum absolute atomic E-state index is 0.0109. The van der Waals surface area contributed by atoms with Crippen LogP contribution in [-0.4, -0.2) is 19.1 Å². The molecule has 0 saturated carbocycles. The molecule has 3 heteroatoms. The molecule has 1 heterocycles. The fourth-order valence-corrected chi connectivity index (χ4v) is 2.60. The number of hydrogen-bond acceptors (Lipinski definition) is 2. The average Bonchev–Trinajstić information content (AvgIpc) is 2.94. The fraction of sp³-hybridized carbons (Fsp3) is 0.278. The van der Waals surface area contributed by atoms with Crippen molar-refractivity contribution in [2.24, 2.45) is 0 Å². The Morgan fingerprint density at radius 3 is 3.00 bits per heavy atom. The lowest BCUT2D eigenvalue weighted by atomic mass is 10.1. The number of amides is 1. The van der Waals surface area contributed by atoms with Gasteiger partial charge in [0.1, 0.15) is 5.75 Å². The van der Waals surface area contributed by atoms with Crippen LogP contribution >= 0.6 is 0 Å². The molecule has 0 radical (unpaired) electrons. The number of carbonyl (C=O) groups excluding carboxylic acids is 1. The molecule has 1 amide bonds. The van der Waals surface area contributed by atoms with E-state index in [0.29, 0.717) is 6.54 Å². The van der Waals surface area contributed by atoms with Gasteiger partial charge in [-0.15, -0.1) is 0 Å². The first-order valence-corrected chi connectivity index (χ1v) is 7.32. The van der Waals surface area contributed by atoms with Crippen molar-refractivity contribution >= 4 is 5.91 Å². The quantitative estimate of drug-likeness (QED) is 0.936. The largest absolute Gasteiger partial charge is 0.493 e. The van der Waals surface area contributed by atoms with Crippen molar-refractivity contribution in [1.82, 2.24) is 5.32 Å². The van der Waals surface area contributed by atoms with Gasteiger partial charge in [0.15, 0.2) is 0 Å². The van der Waals surface area contributed by atoms with Crippen molar-refractivity contribution in [2.45, 2.75) is 19.8 Å². The maximum absolute atomic E-state index is 12.0. The summed E-state index contributed by atoms with van der Waals surface area (Å²) in [6.45, 7) is 3.42. The van der Waals surface area contributed by atoms with E-state index in [1.807, 2.05) is 37.3 Å². The van der Waals surface area contributed by atoms with Gasteiger partial charge in [-0.25, -0.2) is 0 Å². The lowest BCUT2D eigenvalue weighted by Crippen LogP contribution is -2.25. The van der Waals surface area contributed by atoms with E-state index in [0.717, 1.165) is 36.3 Å². The maximum Gasteiger partial charge on any atom is 0.251 e. The van der Waals surface area contributed by atoms with Crippen LogP contribution in [0.5, 0.6) is 5.75 Å². The summed E-state index contributed by atoms with van der Waals surface area (Å²) in [4.78, 5) is 12.0. The molecule has 2 aromatic carbocycles. The Kier molecular flexibility index (Phi) is 3.91. The van der Waals surface area contributed by atoms with Crippen LogP contribution in [0.4, 0.5) is 0 Å². The normalized spacial score (nSPS) is 12.6. The summed E-state index contributed by atoms with van der Waals surface area (Å²) in [7, 11) is 0. The van der Waals surface area contributed by atoms with Crippen LogP contribution in [0.15, 0.2) is 42.5 Å². The number of aryl methyl sites for hydroxylation is 1. The van der Waals surface area contributed by atoms with Gasteiger partial charge >= 0.3 is 0 Å². The molecule has 0 spiro atoms. The summed E-state index contributed by atoms with van der Waals surface area (Å²) in [6.07, 6.45) is 1.82. The Balaban J connectivity index is 1.55. The van der Waals surface area contributed by atoms with Gasteiger partial charge in [-0.1, -0.05) is 29.8 Å². The second-order valence-corrected chi connectivity index (χ2v) is 5.42. The summed E-state index contributed by atoms with van der Waals surface area (Å²) >= 11 is 0. The van der Waals surface area contributed by atoms with Crippen molar-refractivity contribution in [3.05, 3.63) is 64.7 Å². The van der Waals surface area contributed by atoms with Crippen LogP contribution in [0.2, 0.25) is 0 Å². The van der Waals surface area contributed by atoms with Gasteiger partial charge in [0.2, 0.25) is 0 Å². The molecule has 0 unspecified atom stereocenters. The summed E-state index contributed by atoms with van der Waals surface area (Å²) in [5.41, 5.74) is 4.33. The molecule has 0 aromatic heterocycles. The van der Waals surface area contributed by atoms with Gasteiger partial charge in [-0.3, -0.25) is 4.79 Å². The molecule has 0 aliphatic carbocycles. The van der Waals surface area contributed by atoms with E-state index >= 15 is 0 Å². The second-order valence-electron chi connectivity index (χ2n) is 5.42. The zero-order valence-corrected chi connectivity index (χ0v) is 12.2. The maximum atomic E-state index is 12.0. The highest BCUT2D eigenvalue weighted by Gasteiger charge is 2.12. The minimum atomic E-state index is -0.0109. The molecule has 1 aliphatic rings. The summed E-state index contributed by atoms with van der Waals surface area (Å²) in [5.74, 6) is 0.991. The predicted octanol–water partition coefficient (Wildman–Crippen LogP) is 2.90. The minimum Gasteiger partial charge on any atom is -0.493 e. The van der Waals surface area contributed by atoms with Gasteiger partial charge in [0.25, 0.3) is 5.91 Å². The summed E-state index contributed by atoms with van der Waals surface area (Å²) in [5, 5.41) is 2.97. The number of nitrogens with one attached hydrogen (secondary N) is 1. The third-order valence-electron chi connectivity index (χ3n) is 3.73. The standard InChI is InChI=1S/C18H19NO2/c1-13-3-2-4-16(11-13)18(20)19-9-7-14-5-6-17-15(12-14)8-10-21-17/h2-6,11-12H,7-10H2,1H3,(H,19,20). The molecule has 1 aliphatic heterocycles. The number of fused-ring (bicyclic) bond motifs is 1. The third-order valence-corrected chi connectivity index (χ3v) is 3.73. The van der Waals surface area contributed by atoms with Gasteiger partial charge in [0, 0.05) is 18.5 Å². The van der Waals surface area contributed by atoms with Crippen molar-refractivity contribution in [3.63, 3.8) is 0 Å². The molecule has 2 aromatic rings. The van der Waals surface area contributed by atoms with Crippen LogP contribution in [0.3, 0.4) is 0 Å². The molecule has 3 nitrogen and oxygen atoms in total. The summed E-state index contributed by atoms with van der Waals surface area (Å²) < 4.78 is 5.50. The van der Waals surface area contributed by atoms with Crippen LogP contribution in [0.1, 0.15) is 27.0 Å². The van der Waals surface area contributed by atoms with Gasteiger partial charge < -0.3 is 10.1 Å². The molecule has 108 valence electrons. The first-order valence-electron chi connectivity index (χ1n) is 7.32. The smallest absolute Gasteiger partial charge is 0.251 e. The first-order chi connectivity index (χ1) is 10.2. The molecule has 3 rings (SSSR count). The Bertz CT molecular complexity index is 664. The highest BCUT2D eigenvalue weighted by Crippen LogP contribution is 2.25. The number of carbonyl (C=O) groups is 1. The van der Waals surface area contributed by atoms with Gasteiger partial charge in [0.05, 0.1) is 6.61 Å². The molecule has 0 saturated heterocycles. The third kappa shape index (κ3) is 3.24. The molecule has 21 heavy (non-hydrogen) atoms. The molecule has 1 N–H and O–H groups in total. The van der Waals surface area contributed by atoms with Gasteiger partial charge in [-0.05, 0) is 42.7 Å². The van der Waals surface area contributed by atoms with E-state index in [4.69, 9.17) is 4.74 Å². The van der Waals surface area contributed by atoms with Crippen LogP contribution in [-0.2, 0) is 12.8 Å². The first kappa shape index (κ1) is 13.7. The number of benzene rings is 2. The van der Waals surface area contributed by atoms with E-state index in [-0.39, 0.29) is 5.91 Å². The highest BCUT2D eigenvalue weighted by molar-refractivity contribution is 5.94. The SMILES string of the molecule is Cc1cccc(C(=O)NCCc2ccc3c(c2)CCO3)c1. The van der Waals surface area contributed by atoms with Crippen molar-refractivity contribution < 1.29 is 9.53 Å². The molecular formula is C18H19NO2. The number of hydrogen-bond donors (Lipinski definition) is 1. The zero-order valence-electron chi connectivity index (χ0n) is 12.2. The van der Waals surface area contributed by atoms with E-state index < -0.39 is 0 Å². The van der Waals surface area contributed by atoms with Crippen LogP contribution < -0.4 is 10.1 Å². The summed E-state index contributed by atoms with van der Waals surface area (Å²) in [6, 6.07) is 13.9. The lowest BCUT2D eigenvalue weighted by Gasteiger charge is -2.07. The van der Waals surface area contributed by atoms with Crippen LogP contribution in [0, 0.1) is 6.92 Å². The van der Waals surface area contributed by atoms with Crippen molar-refractivity contribution in [1.29, 1.82) is 0 Å². The topological polar surface area (TPSA) is 38.3 Å². The van der Waals surface area contributed by atoms with E-state index in [1.165, 1.54) is 11.1 Å². The van der Waals surface area contributed by atoms with Crippen LogP contribution in [0.25, 0.3) is 0 Å². The Hall–Kier alpha value is -2.29. The highest BCUT2D eigenvalue weighted by atomic mass is 16.5. The van der Waals surface area contributed by atoms with Gasteiger partial charge in [-0.2, -0.15) is 0 Å². The zero-order chi connectivity index (χ0) is 14.7. The fourth-order valence-electron chi connectivity index (χ4n) is 2.60. The molecule has 0 fully saturated rings. The molecular weight excluding hydrogens is 262 g/mol. The number of ether oxygens (including phenoxy) is 1.